The zero-order valence-corrected chi connectivity index (χ0v) is 14.5. The molecule has 0 radical (unpaired) electrons. The van der Waals surface area contributed by atoms with Crippen molar-refractivity contribution in [3.63, 3.8) is 0 Å². The predicted molar refractivity (Wildman–Crippen MR) is 102 cm³/mol. The van der Waals surface area contributed by atoms with E-state index in [4.69, 9.17) is 0 Å². The van der Waals surface area contributed by atoms with Crippen LogP contribution in [-0.2, 0) is 0 Å². The van der Waals surface area contributed by atoms with Gasteiger partial charge in [-0.1, -0.05) is 18.2 Å². The van der Waals surface area contributed by atoms with E-state index in [1.165, 1.54) is 11.1 Å². The van der Waals surface area contributed by atoms with Crippen molar-refractivity contribution in [3.8, 4) is 0 Å². The molecule has 0 saturated carbocycles. The molecule has 0 bridgehead atoms. The second-order valence-electron chi connectivity index (χ2n) is 5.55. The third-order valence-electron chi connectivity index (χ3n) is 3.37. The van der Waals surface area contributed by atoms with Crippen molar-refractivity contribution in [3.05, 3.63) is 71.5 Å². The number of aryl methyl sites for hydroxylation is 2. The number of aromatic nitrogens is 2. The van der Waals surface area contributed by atoms with Crippen LogP contribution in [0.2, 0.25) is 0 Å². The molecule has 0 aliphatic carbocycles. The van der Waals surface area contributed by atoms with Gasteiger partial charge in [0, 0.05) is 16.8 Å². The number of nitrogens with one attached hydrogen (secondary N) is 1. The lowest BCUT2D eigenvalue weighted by molar-refractivity contribution is 1.15. The zero-order chi connectivity index (χ0) is 16.9. The molecule has 0 atom stereocenters. The molecular weight excluding hydrogens is 316 g/mol. The standard InChI is InChI=1S/C19H18N4S/c1-13-9-14(2)11-16(10-13)23-19-20-8-7-15(22-19)12-21-17-5-3-4-6-18(17)24/h3-12,24H,1-2H3,(H,20,22,23). The Kier molecular flexibility index (Phi) is 4.91. The quantitative estimate of drug-likeness (QED) is 0.528. The van der Waals surface area contributed by atoms with E-state index < -0.39 is 0 Å². The Hall–Kier alpha value is -2.66. The number of benzene rings is 2. The van der Waals surface area contributed by atoms with Crippen molar-refractivity contribution in [2.45, 2.75) is 18.7 Å². The molecule has 3 aromatic rings. The highest BCUT2D eigenvalue weighted by molar-refractivity contribution is 7.80. The maximum Gasteiger partial charge on any atom is 0.227 e. The Morgan fingerprint density at radius 2 is 1.79 bits per heavy atom. The molecule has 1 N–H and O–H groups in total. The average molecular weight is 334 g/mol. The monoisotopic (exact) mass is 334 g/mol. The normalized spacial score (nSPS) is 11.0. The van der Waals surface area contributed by atoms with Crippen LogP contribution in [0.1, 0.15) is 16.8 Å². The fraction of sp³-hybridized carbons (Fsp3) is 0.105. The highest BCUT2D eigenvalue weighted by atomic mass is 32.1. The third-order valence-corrected chi connectivity index (χ3v) is 3.75. The average Bonchev–Trinajstić information content (AvgIpc) is 2.53. The second kappa shape index (κ2) is 7.27. The summed E-state index contributed by atoms with van der Waals surface area (Å²) < 4.78 is 0. The first-order valence-corrected chi connectivity index (χ1v) is 8.05. The Morgan fingerprint density at radius 1 is 1.04 bits per heavy atom. The molecule has 0 aliphatic rings. The molecule has 3 rings (SSSR count). The van der Waals surface area contributed by atoms with E-state index in [0.717, 1.165) is 22.0 Å². The number of rotatable bonds is 4. The van der Waals surface area contributed by atoms with E-state index in [0.29, 0.717) is 5.95 Å². The summed E-state index contributed by atoms with van der Waals surface area (Å²) in [6.45, 7) is 4.13. The highest BCUT2D eigenvalue weighted by Crippen LogP contribution is 2.22. The van der Waals surface area contributed by atoms with Gasteiger partial charge < -0.3 is 5.32 Å². The van der Waals surface area contributed by atoms with Crippen LogP contribution >= 0.6 is 12.6 Å². The van der Waals surface area contributed by atoms with Gasteiger partial charge in [-0.2, -0.15) is 0 Å². The number of thiol groups is 1. The van der Waals surface area contributed by atoms with E-state index >= 15 is 0 Å². The van der Waals surface area contributed by atoms with Crippen molar-refractivity contribution in [2.75, 3.05) is 5.32 Å². The van der Waals surface area contributed by atoms with Crippen LogP contribution < -0.4 is 5.32 Å². The number of para-hydroxylation sites is 1. The van der Waals surface area contributed by atoms with Crippen molar-refractivity contribution in [2.24, 2.45) is 4.99 Å². The van der Waals surface area contributed by atoms with E-state index in [1.54, 1.807) is 12.4 Å². The van der Waals surface area contributed by atoms with E-state index in [1.807, 2.05) is 30.3 Å². The maximum absolute atomic E-state index is 4.48. The molecule has 1 heterocycles. The molecule has 0 unspecified atom stereocenters. The minimum Gasteiger partial charge on any atom is -0.324 e. The van der Waals surface area contributed by atoms with Crippen LogP contribution in [0.3, 0.4) is 0 Å². The Labute approximate surface area is 147 Å². The number of nitrogens with zero attached hydrogens (tertiary/aromatic N) is 3. The van der Waals surface area contributed by atoms with Crippen LogP contribution in [0.4, 0.5) is 17.3 Å². The summed E-state index contributed by atoms with van der Waals surface area (Å²) in [5.41, 5.74) is 4.90. The van der Waals surface area contributed by atoms with Crippen LogP contribution in [-0.4, -0.2) is 16.2 Å². The van der Waals surface area contributed by atoms with Crippen molar-refractivity contribution in [1.29, 1.82) is 0 Å². The SMILES string of the molecule is Cc1cc(C)cc(Nc2nccc(C=Nc3ccccc3S)n2)c1. The van der Waals surface area contributed by atoms with Crippen LogP contribution in [0, 0.1) is 13.8 Å². The van der Waals surface area contributed by atoms with Crippen LogP contribution in [0.25, 0.3) is 0 Å². The molecule has 0 spiro atoms. The minimum absolute atomic E-state index is 0.545. The number of anilines is 2. The first kappa shape index (κ1) is 16.2. The molecule has 4 nitrogen and oxygen atoms in total. The number of aliphatic imine (C=N–C) groups is 1. The van der Waals surface area contributed by atoms with E-state index in [9.17, 15) is 0 Å². The van der Waals surface area contributed by atoms with Gasteiger partial charge in [-0.15, -0.1) is 12.6 Å². The summed E-state index contributed by atoms with van der Waals surface area (Å²) in [7, 11) is 0. The topological polar surface area (TPSA) is 50.2 Å². The Bertz CT molecular complexity index is 870. The first-order chi connectivity index (χ1) is 11.6. The van der Waals surface area contributed by atoms with Crippen LogP contribution in [0.15, 0.2) is 64.6 Å². The molecule has 0 fully saturated rings. The summed E-state index contributed by atoms with van der Waals surface area (Å²) in [6.07, 6.45) is 3.43. The van der Waals surface area contributed by atoms with Gasteiger partial charge in [0.05, 0.1) is 17.6 Å². The largest absolute Gasteiger partial charge is 0.324 e. The van der Waals surface area contributed by atoms with Gasteiger partial charge in [-0.05, 0) is 55.3 Å². The summed E-state index contributed by atoms with van der Waals surface area (Å²) in [5, 5.41) is 3.24. The first-order valence-electron chi connectivity index (χ1n) is 7.60. The third kappa shape index (κ3) is 4.20. The molecule has 0 aliphatic heterocycles. The maximum atomic E-state index is 4.48. The van der Waals surface area contributed by atoms with Gasteiger partial charge in [0.2, 0.25) is 5.95 Å². The lowest BCUT2D eigenvalue weighted by Crippen LogP contribution is -1.99. The highest BCUT2D eigenvalue weighted by Gasteiger charge is 2.01. The fourth-order valence-corrected chi connectivity index (χ4v) is 2.61. The predicted octanol–water partition coefficient (Wildman–Crippen LogP) is 4.88. The van der Waals surface area contributed by atoms with Crippen molar-refractivity contribution >= 4 is 36.2 Å². The van der Waals surface area contributed by atoms with Crippen LogP contribution in [0.5, 0.6) is 0 Å². The Balaban J connectivity index is 1.80. The van der Waals surface area contributed by atoms with Gasteiger partial charge in [-0.3, -0.25) is 4.99 Å². The van der Waals surface area contributed by atoms with Gasteiger partial charge in [-0.25, -0.2) is 9.97 Å². The fourth-order valence-electron chi connectivity index (χ4n) is 2.39. The smallest absolute Gasteiger partial charge is 0.227 e. The van der Waals surface area contributed by atoms with Gasteiger partial charge in [0.25, 0.3) is 0 Å². The summed E-state index contributed by atoms with van der Waals surface area (Å²) in [4.78, 5) is 14.0. The van der Waals surface area contributed by atoms with E-state index in [2.05, 4.69) is 65.0 Å². The van der Waals surface area contributed by atoms with Gasteiger partial charge in [0.1, 0.15) is 0 Å². The minimum atomic E-state index is 0.545. The molecule has 5 heteroatoms. The summed E-state index contributed by atoms with van der Waals surface area (Å²) in [6, 6.07) is 15.7. The Morgan fingerprint density at radius 3 is 2.54 bits per heavy atom. The lowest BCUT2D eigenvalue weighted by atomic mass is 10.1. The number of hydrogen-bond acceptors (Lipinski definition) is 5. The molecule has 1 aromatic heterocycles. The molecule has 24 heavy (non-hydrogen) atoms. The van der Waals surface area contributed by atoms with Gasteiger partial charge in [0.15, 0.2) is 0 Å². The summed E-state index contributed by atoms with van der Waals surface area (Å²) in [5.74, 6) is 0.545. The van der Waals surface area contributed by atoms with Gasteiger partial charge >= 0.3 is 0 Å². The molecular formula is C19H18N4S. The second-order valence-corrected chi connectivity index (χ2v) is 6.04. The van der Waals surface area contributed by atoms with Crippen molar-refractivity contribution < 1.29 is 0 Å². The molecule has 2 aromatic carbocycles. The zero-order valence-electron chi connectivity index (χ0n) is 13.6. The van der Waals surface area contributed by atoms with Crippen molar-refractivity contribution in [1.82, 2.24) is 9.97 Å². The summed E-state index contributed by atoms with van der Waals surface area (Å²) >= 11 is 4.39. The lowest BCUT2D eigenvalue weighted by Gasteiger charge is -2.07. The van der Waals surface area contributed by atoms with E-state index in [-0.39, 0.29) is 0 Å². The molecule has 0 saturated heterocycles. The molecule has 0 amide bonds. The number of hydrogen-bond donors (Lipinski definition) is 2. The molecule has 120 valence electrons.